The normalized spacial score (nSPS) is 25.8. The van der Waals surface area contributed by atoms with Crippen LogP contribution in [-0.2, 0) is 14.9 Å². The smallest absolute Gasteiger partial charge is 0.223 e. The number of benzene rings is 1. The summed E-state index contributed by atoms with van der Waals surface area (Å²) in [4.78, 5) is 12.5. The Bertz CT molecular complexity index is 546. The van der Waals surface area contributed by atoms with Crippen LogP contribution in [0.15, 0.2) is 28.7 Å². The van der Waals surface area contributed by atoms with E-state index in [0.717, 1.165) is 49.8 Å². The Hall–Kier alpha value is -0.620. The molecule has 24 heavy (non-hydrogen) atoms. The fraction of sp³-hybridized carbons (Fsp3) is 0.611. The third-order valence-electron chi connectivity index (χ3n) is 5.35. The summed E-state index contributed by atoms with van der Waals surface area (Å²) >= 11 is 3.49. The van der Waals surface area contributed by atoms with Gasteiger partial charge in [0.15, 0.2) is 0 Å². The molecular weight excluding hydrogens is 392 g/mol. The van der Waals surface area contributed by atoms with Crippen LogP contribution in [0.2, 0.25) is 0 Å². The predicted octanol–water partition coefficient (Wildman–Crippen LogP) is 3.16. The van der Waals surface area contributed by atoms with Gasteiger partial charge < -0.3 is 15.8 Å². The molecule has 1 saturated carbocycles. The van der Waals surface area contributed by atoms with Gasteiger partial charge in [0.2, 0.25) is 5.91 Å². The summed E-state index contributed by atoms with van der Waals surface area (Å²) in [5, 5.41) is 3.21. The summed E-state index contributed by atoms with van der Waals surface area (Å²) in [6.45, 7) is 2.18. The Morgan fingerprint density at radius 3 is 2.50 bits per heavy atom. The van der Waals surface area contributed by atoms with E-state index in [-0.39, 0.29) is 35.7 Å². The van der Waals surface area contributed by atoms with Crippen LogP contribution in [-0.4, -0.2) is 31.7 Å². The van der Waals surface area contributed by atoms with Crippen LogP contribution >= 0.6 is 28.3 Å². The third kappa shape index (κ3) is 4.51. The number of hydrogen-bond acceptors (Lipinski definition) is 3. The zero-order valence-corrected chi connectivity index (χ0v) is 16.2. The second-order valence-corrected chi connectivity index (χ2v) is 7.80. The van der Waals surface area contributed by atoms with E-state index in [1.807, 2.05) is 0 Å². The maximum atomic E-state index is 12.5. The standard InChI is InChI=1S/C18H25BrN2O2.ClH/c19-15-4-2-14(3-5-15)18(7-9-23-10-8-18)12-21-17(22)13-1-6-16(20)11-13;/h2-5,13,16H,1,6-12,20H2,(H,21,22);1H. The van der Waals surface area contributed by atoms with Crippen molar-refractivity contribution in [3.05, 3.63) is 34.3 Å². The molecule has 1 amide bonds. The number of amides is 1. The molecule has 134 valence electrons. The lowest BCUT2D eigenvalue weighted by molar-refractivity contribution is -0.125. The number of hydrogen-bond donors (Lipinski definition) is 2. The first-order valence-electron chi connectivity index (χ1n) is 8.46. The minimum atomic E-state index is -0.0185. The summed E-state index contributed by atoms with van der Waals surface area (Å²) < 4.78 is 6.63. The van der Waals surface area contributed by atoms with E-state index in [1.54, 1.807) is 0 Å². The number of halogens is 2. The molecule has 1 aromatic rings. The van der Waals surface area contributed by atoms with E-state index in [9.17, 15) is 4.79 Å². The zero-order chi connectivity index (χ0) is 16.3. The molecule has 2 aliphatic rings. The molecule has 1 aliphatic heterocycles. The molecule has 2 fully saturated rings. The van der Waals surface area contributed by atoms with E-state index in [1.165, 1.54) is 5.56 Å². The minimum Gasteiger partial charge on any atom is -0.381 e. The lowest BCUT2D eigenvalue weighted by Gasteiger charge is -2.38. The molecule has 2 unspecified atom stereocenters. The van der Waals surface area contributed by atoms with Gasteiger partial charge in [-0.2, -0.15) is 0 Å². The molecule has 0 bridgehead atoms. The van der Waals surface area contributed by atoms with Gasteiger partial charge in [0.1, 0.15) is 0 Å². The highest BCUT2D eigenvalue weighted by Gasteiger charge is 2.36. The van der Waals surface area contributed by atoms with Gasteiger partial charge in [-0.15, -0.1) is 12.4 Å². The van der Waals surface area contributed by atoms with Crippen LogP contribution in [0.1, 0.15) is 37.7 Å². The van der Waals surface area contributed by atoms with Gasteiger partial charge >= 0.3 is 0 Å². The molecule has 3 rings (SSSR count). The lowest BCUT2D eigenvalue weighted by Crippen LogP contribution is -2.45. The van der Waals surface area contributed by atoms with Gasteiger partial charge in [0, 0.05) is 41.6 Å². The molecule has 0 spiro atoms. The Morgan fingerprint density at radius 1 is 1.25 bits per heavy atom. The van der Waals surface area contributed by atoms with Crippen LogP contribution in [0.3, 0.4) is 0 Å². The van der Waals surface area contributed by atoms with Gasteiger partial charge in [-0.05, 0) is 49.8 Å². The number of nitrogens with two attached hydrogens (primary N) is 1. The van der Waals surface area contributed by atoms with Crippen LogP contribution in [0.5, 0.6) is 0 Å². The average molecular weight is 418 g/mol. The topological polar surface area (TPSA) is 64.4 Å². The van der Waals surface area contributed by atoms with Gasteiger partial charge in [-0.3, -0.25) is 4.79 Å². The fourth-order valence-corrected chi connectivity index (χ4v) is 4.05. The van der Waals surface area contributed by atoms with Gasteiger partial charge in [-0.25, -0.2) is 0 Å². The van der Waals surface area contributed by atoms with Crippen molar-refractivity contribution >= 4 is 34.2 Å². The highest BCUT2D eigenvalue weighted by molar-refractivity contribution is 9.10. The molecule has 0 radical (unpaired) electrons. The molecule has 6 heteroatoms. The highest BCUT2D eigenvalue weighted by Crippen LogP contribution is 2.35. The summed E-state index contributed by atoms with van der Waals surface area (Å²) in [5.41, 5.74) is 7.20. The molecule has 4 nitrogen and oxygen atoms in total. The summed E-state index contributed by atoms with van der Waals surface area (Å²) in [6.07, 6.45) is 4.59. The largest absolute Gasteiger partial charge is 0.381 e. The second kappa shape index (κ2) is 8.65. The van der Waals surface area contributed by atoms with Crippen molar-refractivity contribution in [3.63, 3.8) is 0 Å². The first kappa shape index (κ1) is 19.7. The van der Waals surface area contributed by atoms with Gasteiger partial charge in [0.05, 0.1) is 0 Å². The number of carbonyl (C=O) groups is 1. The van der Waals surface area contributed by atoms with E-state index in [4.69, 9.17) is 10.5 Å². The molecule has 1 saturated heterocycles. The van der Waals surface area contributed by atoms with Crippen molar-refractivity contribution in [2.24, 2.45) is 11.7 Å². The molecule has 1 aliphatic carbocycles. The first-order chi connectivity index (χ1) is 11.1. The predicted molar refractivity (Wildman–Crippen MR) is 101 cm³/mol. The van der Waals surface area contributed by atoms with Crippen LogP contribution in [0.4, 0.5) is 0 Å². The molecule has 0 aromatic heterocycles. The van der Waals surface area contributed by atoms with Crippen molar-refractivity contribution < 1.29 is 9.53 Å². The maximum absolute atomic E-state index is 12.5. The monoisotopic (exact) mass is 416 g/mol. The quantitative estimate of drug-likeness (QED) is 0.791. The number of ether oxygens (including phenoxy) is 1. The SMILES string of the molecule is Cl.NC1CCC(C(=O)NCC2(c3ccc(Br)cc3)CCOCC2)C1. The average Bonchev–Trinajstić information content (AvgIpc) is 3.01. The van der Waals surface area contributed by atoms with Gasteiger partial charge in [-0.1, -0.05) is 28.1 Å². The zero-order valence-electron chi connectivity index (χ0n) is 13.8. The number of rotatable bonds is 4. The van der Waals surface area contributed by atoms with Gasteiger partial charge in [0.25, 0.3) is 0 Å². The van der Waals surface area contributed by atoms with E-state index < -0.39 is 0 Å². The van der Waals surface area contributed by atoms with Crippen molar-refractivity contribution in [1.82, 2.24) is 5.32 Å². The minimum absolute atomic E-state index is 0. The van der Waals surface area contributed by atoms with Crippen molar-refractivity contribution in [2.75, 3.05) is 19.8 Å². The molecule has 2 atom stereocenters. The van der Waals surface area contributed by atoms with Crippen molar-refractivity contribution in [3.8, 4) is 0 Å². The molecule has 1 heterocycles. The Labute approximate surface area is 158 Å². The number of nitrogens with one attached hydrogen (secondary N) is 1. The molecule has 3 N–H and O–H groups in total. The Balaban J connectivity index is 0.00000208. The number of carbonyl (C=O) groups excluding carboxylic acids is 1. The van der Waals surface area contributed by atoms with E-state index in [0.29, 0.717) is 6.54 Å². The maximum Gasteiger partial charge on any atom is 0.223 e. The first-order valence-corrected chi connectivity index (χ1v) is 9.25. The van der Waals surface area contributed by atoms with Crippen molar-refractivity contribution in [2.45, 2.75) is 43.6 Å². The van der Waals surface area contributed by atoms with Crippen molar-refractivity contribution in [1.29, 1.82) is 0 Å². The third-order valence-corrected chi connectivity index (χ3v) is 5.88. The molecule has 1 aromatic carbocycles. The van der Waals surface area contributed by atoms with Crippen LogP contribution in [0.25, 0.3) is 0 Å². The van der Waals surface area contributed by atoms with E-state index >= 15 is 0 Å². The summed E-state index contributed by atoms with van der Waals surface area (Å²) in [6, 6.07) is 8.66. The van der Waals surface area contributed by atoms with E-state index in [2.05, 4.69) is 45.5 Å². The highest BCUT2D eigenvalue weighted by atomic mass is 79.9. The fourth-order valence-electron chi connectivity index (χ4n) is 3.79. The van der Waals surface area contributed by atoms with Crippen LogP contribution in [0, 0.1) is 5.92 Å². The Morgan fingerprint density at radius 2 is 1.92 bits per heavy atom. The summed E-state index contributed by atoms with van der Waals surface area (Å²) in [5.74, 6) is 0.257. The van der Waals surface area contributed by atoms with Crippen LogP contribution < -0.4 is 11.1 Å². The Kier molecular flexibility index (Phi) is 7.10. The lowest BCUT2D eigenvalue weighted by atomic mass is 9.74. The summed E-state index contributed by atoms with van der Waals surface area (Å²) in [7, 11) is 0. The molecular formula is C18H26BrClN2O2. The second-order valence-electron chi connectivity index (χ2n) is 6.89.